The molecule has 1 aromatic carbocycles. The Morgan fingerprint density at radius 3 is 2.36 bits per heavy atom. The van der Waals surface area contributed by atoms with E-state index in [1.54, 1.807) is 0 Å². The number of unbranched alkanes of at least 4 members (excludes halogenated alkanes) is 3. The van der Waals surface area contributed by atoms with Crippen molar-refractivity contribution in [3.05, 3.63) is 29.8 Å². The molecule has 9 nitrogen and oxygen atoms in total. The maximum absolute atomic E-state index is 12.8. The van der Waals surface area contributed by atoms with E-state index in [4.69, 9.17) is 37.4 Å². The minimum absolute atomic E-state index is 0.121. The van der Waals surface area contributed by atoms with Crippen LogP contribution in [0, 0.1) is 0 Å². The fourth-order valence-electron chi connectivity index (χ4n) is 4.56. The number of aliphatic hydroxyl groups is 2. The molecule has 0 bridgehead atoms. The van der Waals surface area contributed by atoms with E-state index in [1.165, 1.54) is 6.92 Å². The van der Waals surface area contributed by atoms with Crippen LogP contribution in [-0.4, -0.2) is 90.8 Å². The van der Waals surface area contributed by atoms with Gasteiger partial charge in [0.1, 0.15) is 18.2 Å². The molecule has 3 N–H and O–H groups in total. The van der Waals surface area contributed by atoms with Gasteiger partial charge >= 0.3 is 5.97 Å². The van der Waals surface area contributed by atoms with Crippen molar-refractivity contribution >= 4 is 40.8 Å². The Labute approximate surface area is 242 Å². The molecule has 1 heterocycles. The normalized spacial score (nSPS) is 22.9. The van der Waals surface area contributed by atoms with E-state index in [2.05, 4.69) is 17.1 Å². The molecule has 0 radical (unpaired) electrons. The number of carbonyl (C=O) groups is 2. The Morgan fingerprint density at radius 1 is 1.08 bits per heavy atom. The number of ether oxygens (including phenoxy) is 3. The van der Waals surface area contributed by atoms with Crippen LogP contribution in [0.2, 0.25) is 0 Å². The summed E-state index contributed by atoms with van der Waals surface area (Å²) in [6, 6.07) is 7.15. The number of halogens is 2. The molecule has 0 saturated carbocycles. The summed E-state index contributed by atoms with van der Waals surface area (Å²) in [4.78, 5) is 26.8. The van der Waals surface area contributed by atoms with E-state index in [0.717, 1.165) is 36.9 Å². The molecule has 1 aliphatic rings. The summed E-state index contributed by atoms with van der Waals surface area (Å²) in [6.07, 6.45) is 0.838. The molecule has 1 amide bonds. The highest BCUT2D eigenvalue weighted by atomic mass is 35.5. The Bertz CT molecular complexity index is 840. The largest absolute Gasteiger partial charge is 0.457 e. The van der Waals surface area contributed by atoms with Crippen molar-refractivity contribution in [2.24, 2.45) is 0 Å². The van der Waals surface area contributed by atoms with Gasteiger partial charge in [-0.3, -0.25) is 9.59 Å². The Hall–Kier alpha value is -1.62. The highest BCUT2D eigenvalue weighted by Crippen LogP contribution is 2.26. The third kappa shape index (κ3) is 11.4. The number of aliphatic hydroxyl groups excluding tert-OH is 2. The van der Waals surface area contributed by atoms with E-state index >= 15 is 0 Å². The number of nitrogens with zero attached hydrogens (tertiary/aromatic N) is 1. The molecule has 0 unspecified atom stereocenters. The van der Waals surface area contributed by atoms with Crippen molar-refractivity contribution in [1.29, 1.82) is 0 Å². The molecule has 1 fully saturated rings. The van der Waals surface area contributed by atoms with Gasteiger partial charge in [-0.15, -0.1) is 23.2 Å². The average Bonchev–Trinajstić information content (AvgIpc) is 2.91. The number of benzene rings is 1. The SMILES string of the molecule is CCCCCCO[C@@H]1O[C@H](CO)[C@@H](O)[C@H](OC(=O)CCCc2ccc(N(CCCl)CCCl)cc2)[C@H]1NC(C)=O. The number of aryl methyl sites for hydroxylation is 1. The molecule has 1 saturated heterocycles. The summed E-state index contributed by atoms with van der Waals surface area (Å²) in [5.41, 5.74) is 2.11. The summed E-state index contributed by atoms with van der Waals surface area (Å²) >= 11 is 11.8. The maximum Gasteiger partial charge on any atom is 0.306 e. The van der Waals surface area contributed by atoms with E-state index in [1.807, 2.05) is 24.3 Å². The van der Waals surface area contributed by atoms with Crippen molar-refractivity contribution in [3.8, 4) is 0 Å². The first-order valence-electron chi connectivity index (χ1n) is 13.8. The summed E-state index contributed by atoms with van der Waals surface area (Å²) in [7, 11) is 0. The van der Waals surface area contributed by atoms with Crippen LogP contribution in [0.3, 0.4) is 0 Å². The molecule has 2 rings (SSSR count). The molecule has 0 aromatic heterocycles. The molecule has 39 heavy (non-hydrogen) atoms. The zero-order valence-electron chi connectivity index (χ0n) is 23.0. The molecule has 222 valence electrons. The van der Waals surface area contributed by atoms with Crippen LogP contribution in [0.5, 0.6) is 0 Å². The van der Waals surface area contributed by atoms with Gasteiger partial charge in [0, 0.05) is 50.5 Å². The fourth-order valence-corrected chi connectivity index (χ4v) is 4.97. The zero-order valence-corrected chi connectivity index (χ0v) is 24.5. The van der Waals surface area contributed by atoms with Gasteiger partial charge in [0.05, 0.1) is 6.61 Å². The van der Waals surface area contributed by atoms with Crippen LogP contribution in [-0.2, 0) is 30.2 Å². The lowest BCUT2D eigenvalue weighted by atomic mass is 9.96. The van der Waals surface area contributed by atoms with Crippen molar-refractivity contribution in [2.45, 2.75) is 89.4 Å². The van der Waals surface area contributed by atoms with Crippen molar-refractivity contribution < 1.29 is 34.0 Å². The minimum atomic E-state index is -1.33. The smallest absolute Gasteiger partial charge is 0.306 e. The Balaban J connectivity index is 1.96. The molecule has 1 aliphatic heterocycles. The first kappa shape index (κ1) is 33.6. The summed E-state index contributed by atoms with van der Waals surface area (Å²) in [6.45, 7) is 4.75. The van der Waals surface area contributed by atoms with Gasteiger partial charge in [-0.1, -0.05) is 38.3 Å². The average molecular weight is 592 g/mol. The van der Waals surface area contributed by atoms with Crippen LogP contribution in [0.4, 0.5) is 5.69 Å². The quantitative estimate of drug-likeness (QED) is 0.135. The standard InChI is InChI=1S/C28H44Cl2N2O7/c1-3-4-5-6-18-37-28-25(31-20(2)34)27(26(36)23(19-33)38-28)39-24(35)9-7-8-21-10-12-22(13-11-21)32(16-14-29)17-15-30/h10-13,23,25-28,33,36H,3-9,14-19H2,1-2H3,(H,31,34)/t23-,25-,26-,27-,28-/m1/s1. The number of alkyl halides is 2. The Kier molecular flexibility index (Phi) is 16.1. The number of carbonyl (C=O) groups excluding carboxylic acids is 2. The zero-order chi connectivity index (χ0) is 28.6. The predicted octanol–water partition coefficient (Wildman–Crippen LogP) is 3.38. The lowest BCUT2D eigenvalue weighted by Gasteiger charge is -2.43. The second kappa shape index (κ2) is 18.7. The monoisotopic (exact) mass is 590 g/mol. The topological polar surface area (TPSA) is 118 Å². The van der Waals surface area contributed by atoms with Gasteiger partial charge in [-0.2, -0.15) is 0 Å². The second-order valence-corrected chi connectivity index (χ2v) is 10.5. The van der Waals surface area contributed by atoms with Crippen LogP contribution >= 0.6 is 23.2 Å². The summed E-state index contributed by atoms with van der Waals surface area (Å²) in [5.74, 6) is 0.131. The van der Waals surface area contributed by atoms with E-state index in [9.17, 15) is 19.8 Å². The first-order valence-corrected chi connectivity index (χ1v) is 14.9. The molecule has 11 heteroatoms. The summed E-state index contributed by atoms with van der Waals surface area (Å²) < 4.78 is 17.3. The van der Waals surface area contributed by atoms with Gasteiger partial charge < -0.3 is 34.6 Å². The molecule has 0 spiro atoms. The fraction of sp³-hybridized carbons (Fsp3) is 0.714. The van der Waals surface area contributed by atoms with Crippen molar-refractivity contribution in [2.75, 3.05) is 43.0 Å². The highest BCUT2D eigenvalue weighted by molar-refractivity contribution is 6.18. The predicted molar refractivity (Wildman–Crippen MR) is 152 cm³/mol. The second-order valence-electron chi connectivity index (χ2n) is 9.71. The van der Waals surface area contributed by atoms with Gasteiger partial charge in [0.25, 0.3) is 0 Å². The third-order valence-corrected chi connectivity index (χ3v) is 6.97. The van der Waals surface area contributed by atoms with E-state index in [0.29, 0.717) is 44.3 Å². The Morgan fingerprint density at radius 2 is 1.77 bits per heavy atom. The number of hydrogen-bond acceptors (Lipinski definition) is 8. The van der Waals surface area contributed by atoms with Crippen LogP contribution in [0.15, 0.2) is 24.3 Å². The van der Waals surface area contributed by atoms with Gasteiger partial charge in [-0.25, -0.2) is 0 Å². The van der Waals surface area contributed by atoms with Crippen LogP contribution < -0.4 is 10.2 Å². The minimum Gasteiger partial charge on any atom is -0.457 e. The van der Waals surface area contributed by atoms with Gasteiger partial charge in [0.2, 0.25) is 5.91 Å². The van der Waals surface area contributed by atoms with E-state index < -0.39 is 43.2 Å². The van der Waals surface area contributed by atoms with Crippen LogP contribution in [0.25, 0.3) is 0 Å². The van der Waals surface area contributed by atoms with Gasteiger partial charge in [-0.05, 0) is 37.0 Å². The summed E-state index contributed by atoms with van der Waals surface area (Å²) in [5, 5.41) is 23.2. The number of amides is 1. The molecular weight excluding hydrogens is 547 g/mol. The number of esters is 1. The van der Waals surface area contributed by atoms with Gasteiger partial charge in [0.15, 0.2) is 12.4 Å². The maximum atomic E-state index is 12.8. The van der Waals surface area contributed by atoms with Crippen molar-refractivity contribution in [1.82, 2.24) is 5.32 Å². The van der Waals surface area contributed by atoms with Crippen molar-refractivity contribution in [3.63, 3.8) is 0 Å². The molecule has 1 aromatic rings. The molecule has 0 aliphatic carbocycles. The number of hydrogen-bond donors (Lipinski definition) is 3. The lowest BCUT2D eigenvalue weighted by Crippen LogP contribution is -2.65. The lowest BCUT2D eigenvalue weighted by molar-refractivity contribution is -0.273. The van der Waals surface area contributed by atoms with E-state index in [-0.39, 0.29) is 12.3 Å². The van der Waals surface area contributed by atoms with Crippen LogP contribution in [0.1, 0.15) is 57.9 Å². The first-order chi connectivity index (χ1) is 18.8. The molecule has 5 atom stereocenters. The number of anilines is 1. The third-order valence-electron chi connectivity index (χ3n) is 6.63. The molecular formula is C28H44Cl2N2O7. The number of rotatable bonds is 18. The highest BCUT2D eigenvalue weighted by Gasteiger charge is 2.48. The number of nitrogens with one attached hydrogen (secondary N) is 1.